The summed E-state index contributed by atoms with van der Waals surface area (Å²) in [6.07, 6.45) is 0. The van der Waals surface area contributed by atoms with Crippen LogP contribution in [0.25, 0.3) is 0 Å². The largest absolute Gasteiger partial charge is 0.324 e. The molecule has 0 spiro atoms. The molecular weight excluding hydrogens is 420 g/mol. The zero-order valence-corrected chi connectivity index (χ0v) is 18.6. The van der Waals surface area contributed by atoms with Crippen LogP contribution in [0.2, 0.25) is 5.02 Å². The number of nitrogens with zero attached hydrogens (tertiary/aromatic N) is 1. The van der Waals surface area contributed by atoms with Gasteiger partial charge in [0.2, 0.25) is 5.91 Å². The van der Waals surface area contributed by atoms with E-state index in [1.165, 1.54) is 12.1 Å². The number of sulfonamides is 1. The van der Waals surface area contributed by atoms with Gasteiger partial charge < -0.3 is 5.32 Å². The Morgan fingerprint density at radius 2 is 1.57 bits per heavy atom. The number of carbonyl (C=O) groups excluding carboxylic acids is 1. The summed E-state index contributed by atoms with van der Waals surface area (Å²) in [6.45, 7) is 5.20. The average Bonchev–Trinajstić information content (AvgIpc) is 2.72. The molecule has 3 rings (SSSR count). The summed E-state index contributed by atoms with van der Waals surface area (Å²) in [4.78, 5) is 13.0. The van der Waals surface area contributed by atoms with Gasteiger partial charge in [-0.15, -0.1) is 0 Å². The molecule has 0 bridgehead atoms. The molecule has 0 saturated carbocycles. The third-order valence-corrected chi connectivity index (χ3v) is 7.19. The highest BCUT2D eigenvalue weighted by Gasteiger charge is 2.28. The van der Waals surface area contributed by atoms with E-state index in [1.54, 1.807) is 49.4 Å². The summed E-state index contributed by atoms with van der Waals surface area (Å²) in [5.41, 5.74) is 3.56. The molecule has 156 valence electrons. The standard InChI is InChI=1S/C23H23ClN2O3S/c1-16-9-7-13-21(17(16)2)25-23(27)15-26(22-14-8-12-20(24)18(22)3)30(28,29)19-10-5-4-6-11-19/h4-14H,15H2,1-3H3,(H,25,27). The Balaban J connectivity index is 2.01. The lowest BCUT2D eigenvalue weighted by Crippen LogP contribution is -2.38. The van der Waals surface area contributed by atoms with E-state index in [0.717, 1.165) is 15.4 Å². The molecule has 3 aromatic rings. The minimum Gasteiger partial charge on any atom is -0.324 e. The molecule has 0 aliphatic rings. The second-order valence-electron chi connectivity index (χ2n) is 7.00. The molecule has 0 aromatic heterocycles. The highest BCUT2D eigenvalue weighted by molar-refractivity contribution is 7.92. The molecule has 3 aromatic carbocycles. The highest BCUT2D eigenvalue weighted by Crippen LogP contribution is 2.31. The van der Waals surface area contributed by atoms with Crippen molar-refractivity contribution in [2.45, 2.75) is 25.7 Å². The first-order valence-electron chi connectivity index (χ1n) is 9.41. The number of halogens is 1. The normalized spacial score (nSPS) is 11.2. The molecule has 0 heterocycles. The van der Waals surface area contributed by atoms with Crippen LogP contribution < -0.4 is 9.62 Å². The Hall–Kier alpha value is -2.83. The van der Waals surface area contributed by atoms with Crippen LogP contribution in [-0.4, -0.2) is 20.9 Å². The van der Waals surface area contributed by atoms with Gasteiger partial charge in [0.1, 0.15) is 6.54 Å². The Labute approximate surface area is 182 Å². The van der Waals surface area contributed by atoms with E-state index in [0.29, 0.717) is 22.0 Å². The number of anilines is 2. The Bertz CT molecular complexity index is 1180. The first kappa shape index (κ1) is 21.9. The monoisotopic (exact) mass is 442 g/mol. The minimum atomic E-state index is -3.99. The van der Waals surface area contributed by atoms with E-state index in [4.69, 9.17) is 11.6 Å². The van der Waals surface area contributed by atoms with Crippen LogP contribution in [0.15, 0.2) is 71.6 Å². The highest BCUT2D eigenvalue weighted by atomic mass is 35.5. The third kappa shape index (κ3) is 4.50. The van der Waals surface area contributed by atoms with Gasteiger partial charge in [-0.2, -0.15) is 0 Å². The predicted octanol–water partition coefficient (Wildman–Crippen LogP) is 5.10. The van der Waals surface area contributed by atoms with Crippen molar-refractivity contribution in [2.75, 3.05) is 16.2 Å². The molecule has 0 atom stereocenters. The minimum absolute atomic E-state index is 0.101. The van der Waals surface area contributed by atoms with E-state index in [1.807, 2.05) is 26.0 Å². The van der Waals surface area contributed by atoms with Crippen LogP contribution in [0.3, 0.4) is 0 Å². The summed E-state index contributed by atoms with van der Waals surface area (Å²) < 4.78 is 27.9. The lowest BCUT2D eigenvalue weighted by atomic mass is 10.1. The van der Waals surface area contributed by atoms with E-state index in [9.17, 15) is 13.2 Å². The van der Waals surface area contributed by atoms with Gasteiger partial charge in [0.05, 0.1) is 10.6 Å². The molecular formula is C23H23ClN2O3S. The number of nitrogens with one attached hydrogen (secondary N) is 1. The number of carbonyl (C=O) groups is 1. The Morgan fingerprint density at radius 3 is 2.27 bits per heavy atom. The summed E-state index contributed by atoms with van der Waals surface area (Å²) in [5, 5.41) is 3.26. The van der Waals surface area contributed by atoms with Crippen LogP contribution in [-0.2, 0) is 14.8 Å². The number of rotatable bonds is 6. The summed E-state index contributed by atoms with van der Waals surface area (Å²) in [6, 6.07) is 18.6. The average molecular weight is 443 g/mol. The first-order valence-corrected chi connectivity index (χ1v) is 11.2. The van der Waals surface area contributed by atoms with Crippen molar-refractivity contribution in [3.8, 4) is 0 Å². The first-order chi connectivity index (χ1) is 14.2. The van der Waals surface area contributed by atoms with Crippen LogP contribution in [0, 0.1) is 20.8 Å². The molecule has 0 unspecified atom stereocenters. The molecule has 1 amide bonds. The van der Waals surface area contributed by atoms with Crippen molar-refractivity contribution in [1.29, 1.82) is 0 Å². The van der Waals surface area contributed by atoms with E-state index < -0.39 is 15.9 Å². The quantitative estimate of drug-likeness (QED) is 0.577. The number of amides is 1. The van der Waals surface area contributed by atoms with Gasteiger partial charge in [-0.1, -0.05) is 48.0 Å². The van der Waals surface area contributed by atoms with Gasteiger partial charge in [-0.3, -0.25) is 9.10 Å². The van der Waals surface area contributed by atoms with Crippen LogP contribution in [0.4, 0.5) is 11.4 Å². The number of benzene rings is 3. The smallest absolute Gasteiger partial charge is 0.264 e. The van der Waals surface area contributed by atoms with Crippen LogP contribution in [0.5, 0.6) is 0 Å². The maximum absolute atomic E-state index is 13.4. The van der Waals surface area contributed by atoms with E-state index >= 15 is 0 Å². The van der Waals surface area contributed by atoms with Crippen molar-refractivity contribution < 1.29 is 13.2 Å². The summed E-state index contributed by atoms with van der Waals surface area (Å²) in [7, 11) is -3.99. The fourth-order valence-corrected chi connectivity index (χ4v) is 4.76. The molecule has 0 radical (unpaired) electrons. The van der Waals surface area contributed by atoms with Crippen molar-refractivity contribution in [3.05, 3.63) is 88.4 Å². The summed E-state index contributed by atoms with van der Waals surface area (Å²) in [5.74, 6) is -0.442. The van der Waals surface area contributed by atoms with E-state index in [-0.39, 0.29) is 11.4 Å². The lowest BCUT2D eigenvalue weighted by molar-refractivity contribution is -0.114. The van der Waals surface area contributed by atoms with Gasteiger partial charge in [-0.25, -0.2) is 8.42 Å². The summed E-state index contributed by atoms with van der Waals surface area (Å²) >= 11 is 6.24. The van der Waals surface area contributed by atoms with Crippen molar-refractivity contribution in [3.63, 3.8) is 0 Å². The van der Waals surface area contributed by atoms with Gasteiger partial charge >= 0.3 is 0 Å². The number of hydrogen-bond acceptors (Lipinski definition) is 3. The van der Waals surface area contributed by atoms with E-state index in [2.05, 4.69) is 5.32 Å². The molecule has 5 nitrogen and oxygen atoms in total. The fourth-order valence-electron chi connectivity index (χ4n) is 3.09. The molecule has 0 aliphatic carbocycles. The second-order valence-corrected chi connectivity index (χ2v) is 9.27. The van der Waals surface area contributed by atoms with Crippen molar-refractivity contribution >= 4 is 38.9 Å². The molecule has 0 aliphatic heterocycles. The topological polar surface area (TPSA) is 66.5 Å². The van der Waals surface area contributed by atoms with Gasteiger partial charge in [-0.05, 0) is 67.8 Å². The molecule has 7 heteroatoms. The maximum Gasteiger partial charge on any atom is 0.264 e. The van der Waals surface area contributed by atoms with Gasteiger partial charge in [0.15, 0.2) is 0 Å². The zero-order chi connectivity index (χ0) is 21.9. The SMILES string of the molecule is Cc1cccc(NC(=O)CN(c2cccc(Cl)c2C)S(=O)(=O)c2ccccc2)c1C. The fraction of sp³-hybridized carbons (Fsp3) is 0.174. The van der Waals surface area contributed by atoms with Crippen molar-refractivity contribution in [1.82, 2.24) is 0 Å². The Kier molecular flexibility index (Phi) is 6.48. The van der Waals surface area contributed by atoms with Crippen LogP contribution in [0.1, 0.15) is 16.7 Å². The second kappa shape index (κ2) is 8.90. The molecule has 0 fully saturated rings. The third-order valence-electron chi connectivity index (χ3n) is 5.00. The molecule has 1 N–H and O–H groups in total. The van der Waals surface area contributed by atoms with Crippen molar-refractivity contribution in [2.24, 2.45) is 0 Å². The zero-order valence-electron chi connectivity index (χ0n) is 17.0. The number of aryl methyl sites for hydroxylation is 1. The van der Waals surface area contributed by atoms with Gasteiger partial charge in [0, 0.05) is 10.7 Å². The molecule has 0 saturated heterocycles. The lowest BCUT2D eigenvalue weighted by Gasteiger charge is -2.26. The maximum atomic E-state index is 13.4. The Morgan fingerprint density at radius 1 is 0.900 bits per heavy atom. The number of hydrogen-bond donors (Lipinski definition) is 1. The van der Waals surface area contributed by atoms with Crippen LogP contribution >= 0.6 is 11.6 Å². The van der Waals surface area contributed by atoms with Gasteiger partial charge in [0.25, 0.3) is 10.0 Å². The predicted molar refractivity (Wildman–Crippen MR) is 122 cm³/mol. The molecule has 30 heavy (non-hydrogen) atoms.